The van der Waals surface area contributed by atoms with Gasteiger partial charge >= 0.3 is 0 Å². The number of nitrogens with two attached hydrogens (primary N) is 1. The van der Waals surface area contributed by atoms with Crippen LogP contribution in [0.5, 0.6) is 0 Å². The maximum atomic E-state index is 12.5. The summed E-state index contributed by atoms with van der Waals surface area (Å²) in [6, 6.07) is 6.28. The Labute approximate surface area is 126 Å². The highest BCUT2D eigenvalue weighted by Crippen LogP contribution is 2.18. The molecule has 0 saturated heterocycles. The molecule has 1 aromatic rings. The molecule has 21 heavy (non-hydrogen) atoms. The van der Waals surface area contributed by atoms with Crippen molar-refractivity contribution in [1.82, 2.24) is 9.62 Å². The summed E-state index contributed by atoms with van der Waals surface area (Å²) in [4.78, 5) is 11.8. The lowest BCUT2D eigenvalue weighted by Gasteiger charge is -2.20. The standard InChI is InChI=1S/C14H23N3O3S/c1-4-16-14(18)10-17(5-2)21(19,20)13-8-6-12(7-9-13)11(3)15/h6-9,11H,4-5,10,15H2,1-3H3,(H,16,18). The summed E-state index contributed by atoms with van der Waals surface area (Å²) in [5.74, 6) is -0.310. The number of carbonyl (C=O) groups is 1. The zero-order valence-corrected chi connectivity index (χ0v) is 13.5. The average molecular weight is 313 g/mol. The van der Waals surface area contributed by atoms with E-state index in [0.29, 0.717) is 6.54 Å². The number of sulfonamides is 1. The van der Waals surface area contributed by atoms with Crippen molar-refractivity contribution in [1.29, 1.82) is 0 Å². The number of hydrogen-bond acceptors (Lipinski definition) is 4. The number of likely N-dealkylation sites (N-methyl/N-ethyl adjacent to an activating group) is 2. The third-order valence-electron chi connectivity index (χ3n) is 3.09. The van der Waals surface area contributed by atoms with Gasteiger partial charge in [0, 0.05) is 19.1 Å². The summed E-state index contributed by atoms with van der Waals surface area (Å²) in [7, 11) is -3.68. The third-order valence-corrected chi connectivity index (χ3v) is 5.03. The van der Waals surface area contributed by atoms with Crippen molar-refractivity contribution in [3.05, 3.63) is 29.8 Å². The Morgan fingerprint density at radius 1 is 1.29 bits per heavy atom. The van der Waals surface area contributed by atoms with E-state index in [1.807, 2.05) is 6.92 Å². The Morgan fingerprint density at radius 3 is 2.29 bits per heavy atom. The number of amides is 1. The van der Waals surface area contributed by atoms with Gasteiger partial charge in [0.25, 0.3) is 0 Å². The lowest BCUT2D eigenvalue weighted by atomic mass is 10.1. The van der Waals surface area contributed by atoms with Crippen LogP contribution in [0.15, 0.2) is 29.2 Å². The molecule has 1 unspecified atom stereocenters. The van der Waals surface area contributed by atoms with E-state index < -0.39 is 10.0 Å². The average Bonchev–Trinajstić information content (AvgIpc) is 2.45. The van der Waals surface area contributed by atoms with E-state index in [9.17, 15) is 13.2 Å². The first-order valence-corrected chi connectivity index (χ1v) is 8.39. The Bertz CT molecular complexity index is 568. The van der Waals surface area contributed by atoms with Gasteiger partial charge in [-0.3, -0.25) is 4.79 Å². The van der Waals surface area contributed by atoms with Crippen LogP contribution in [-0.2, 0) is 14.8 Å². The Hall–Kier alpha value is -1.44. The summed E-state index contributed by atoms with van der Waals surface area (Å²) >= 11 is 0. The zero-order valence-electron chi connectivity index (χ0n) is 12.7. The predicted octanol–water partition coefficient (Wildman–Crippen LogP) is 0.853. The monoisotopic (exact) mass is 313 g/mol. The molecule has 0 bridgehead atoms. The van der Waals surface area contributed by atoms with E-state index in [1.165, 1.54) is 12.1 Å². The van der Waals surface area contributed by atoms with Gasteiger partial charge in [0.15, 0.2) is 0 Å². The lowest BCUT2D eigenvalue weighted by Crippen LogP contribution is -2.40. The van der Waals surface area contributed by atoms with Crippen LogP contribution in [0.3, 0.4) is 0 Å². The molecule has 0 aliphatic carbocycles. The van der Waals surface area contributed by atoms with Crippen LogP contribution in [0.2, 0.25) is 0 Å². The number of carbonyl (C=O) groups excluding carboxylic acids is 1. The second-order valence-corrected chi connectivity index (χ2v) is 6.68. The number of benzene rings is 1. The molecule has 0 fully saturated rings. The molecule has 1 aromatic carbocycles. The predicted molar refractivity (Wildman–Crippen MR) is 82.2 cm³/mol. The van der Waals surface area contributed by atoms with Gasteiger partial charge in [-0.2, -0.15) is 4.31 Å². The van der Waals surface area contributed by atoms with Crippen molar-refractivity contribution in [3.8, 4) is 0 Å². The van der Waals surface area contributed by atoms with Crippen LogP contribution < -0.4 is 11.1 Å². The third kappa shape index (κ3) is 4.52. The van der Waals surface area contributed by atoms with E-state index in [-0.39, 0.29) is 29.9 Å². The number of hydrogen-bond donors (Lipinski definition) is 2. The van der Waals surface area contributed by atoms with Gasteiger partial charge in [-0.1, -0.05) is 19.1 Å². The highest BCUT2D eigenvalue weighted by molar-refractivity contribution is 7.89. The van der Waals surface area contributed by atoms with Gasteiger partial charge in [-0.05, 0) is 31.5 Å². The molecular formula is C14H23N3O3S. The van der Waals surface area contributed by atoms with Gasteiger partial charge in [-0.15, -0.1) is 0 Å². The first-order valence-electron chi connectivity index (χ1n) is 6.95. The smallest absolute Gasteiger partial charge is 0.243 e. The molecule has 0 aliphatic rings. The highest BCUT2D eigenvalue weighted by atomic mass is 32.2. The van der Waals surface area contributed by atoms with Crippen LogP contribution in [0.4, 0.5) is 0 Å². The Kier molecular flexibility index (Phi) is 6.32. The molecule has 1 rings (SSSR count). The molecule has 0 saturated carbocycles. The maximum absolute atomic E-state index is 12.5. The van der Waals surface area contributed by atoms with Gasteiger partial charge < -0.3 is 11.1 Å². The zero-order chi connectivity index (χ0) is 16.0. The van der Waals surface area contributed by atoms with Crippen molar-refractivity contribution in [2.24, 2.45) is 5.73 Å². The molecule has 118 valence electrons. The normalized spacial score (nSPS) is 13.2. The molecule has 6 nitrogen and oxygen atoms in total. The number of nitrogens with one attached hydrogen (secondary N) is 1. The van der Waals surface area contributed by atoms with Crippen LogP contribution >= 0.6 is 0 Å². The van der Waals surface area contributed by atoms with Crippen molar-refractivity contribution in [2.75, 3.05) is 19.6 Å². The molecule has 1 amide bonds. The number of nitrogens with zero attached hydrogens (tertiary/aromatic N) is 1. The van der Waals surface area contributed by atoms with E-state index in [2.05, 4.69) is 5.32 Å². The van der Waals surface area contributed by atoms with Crippen LogP contribution in [-0.4, -0.2) is 38.3 Å². The van der Waals surface area contributed by atoms with Gasteiger partial charge in [0.05, 0.1) is 11.4 Å². The molecule has 0 aliphatic heterocycles. The quantitative estimate of drug-likeness (QED) is 0.780. The molecule has 0 radical (unpaired) electrons. The molecule has 3 N–H and O–H groups in total. The fraction of sp³-hybridized carbons (Fsp3) is 0.500. The molecule has 0 heterocycles. The van der Waals surface area contributed by atoms with Gasteiger partial charge in [0.2, 0.25) is 15.9 Å². The largest absolute Gasteiger partial charge is 0.355 e. The fourth-order valence-electron chi connectivity index (χ4n) is 1.87. The molecule has 7 heteroatoms. The Morgan fingerprint density at radius 2 is 1.86 bits per heavy atom. The first kappa shape index (κ1) is 17.6. The van der Waals surface area contributed by atoms with E-state index in [4.69, 9.17) is 5.73 Å². The fourth-order valence-corrected chi connectivity index (χ4v) is 3.28. The SMILES string of the molecule is CCNC(=O)CN(CC)S(=O)(=O)c1ccc(C(C)N)cc1. The van der Waals surface area contributed by atoms with Crippen LogP contribution in [0, 0.1) is 0 Å². The van der Waals surface area contributed by atoms with Gasteiger partial charge in [-0.25, -0.2) is 8.42 Å². The molecule has 1 atom stereocenters. The summed E-state index contributed by atoms with van der Waals surface area (Å²) in [6.45, 7) is 5.84. The highest BCUT2D eigenvalue weighted by Gasteiger charge is 2.25. The summed E-state index contributed by atoms with van der Waals surface area (Å²) < 4.78 is 26.1. The summed E-state index contributed by atoms with van der Waals surface area (Å²) in [6.07, 6.45) is 0. The lowest BCUT2D eigenvalue weighted by molar-refractivity contribution is -0.121. The minimum absolute atomic E-state index is 0.153. The maximum Gasteiger partial charge on any atom is 0.243 e. The Balaban J connectivity index is 2.98. The molecular weight excluding hydrogens is 290 g/mol. The molecule has 0 aromatic heterocycles. The first-order chi connectivity index (χ1) is 9.82. The minimum Gasteiger partial charge on any atom is -0.355 e. The van der Waals surface area contributed by atoms with Crippen molar-refractivity contribution in [3.63, 3.8) is 0 Å². The summed E-state index contributed by atoms with van der Waals surface area (Å²) in [5, 5.41) is 2.60. The van der Waals surface area contributed by atoms with E-state index in [0.717, 1.165) is 9.87 Å². The van der Waals surface area contributed by atoms with Crippen molar-refractivity contribution >= 4 is 15.9 Å². The number of rotatable bonds is 7. The second-order valence-electron chi connectivity index (χ2n) is 4.74. The second kappa shape index (κ2) is 7.53. The van der Waals surface area contributed by atoms with Crippen molar-refractivity contribution in [2.45, 2.75) is 31.7 Å². The van der Waals surface area contributed by atoms with Crippen LogP contribution in [0.25, 0.3) is 0 Å². The summed E-state index contributed by atoms with van der Waals surface area (Å²) in [5.41, 5.74) is 6.61. The van der Waals surface area contributed by atoms with E-state index >= 15 is 0 Å². The minimum atomic E-state index is -3.68. The molecule has 0 spiro atoms. The topological polar surface area (TPSA) is 92.5 Å². The van der Waals surface area contributed by atoms with Crippen molar-refractivity contribution < 1.29 is 13.2 Å². The van der Waals surface area contributed by atoms with E-state index in [1.54, 1.807) is 26.0 Å². The van der Waals surface area contributed by atoms with Gasteiger partial charge in [0.1, 0.15) is 0 Å². The van der Waals surface area contributed by atoms with Crippen LogP contribution in [0.1, 0.15) is 32.4 Å².